The molecule has 124 valence electrons. The van der Waals surface area contributed by atoms with E-state index in [1.807, 2.05) is 18.7 Å². The van der Waals surface area contributed by atoms with Crippen LogP contribution in [0, 0.1) is 0 Å². The summed E-state index contributed by atoms with van der Waals surface area (Å²) in [5.74, 6) is -2.54. The minimum absolute atomic E-state index is 0.0238. The van der Waals surface area contributed by atoms with Gasteiger partial charge in [-0.25, -0.2) is 8.78 Å². The predicted octanol–water partition coefficient (Wildman–Crippen LogP) is 3.01. The first-order valence-electron chi connectivity index (χ1n) is 7.98. The summed E-state index contributed by atoms with van der Waals surface area (Å²) in [4.78, 5) is 1.90. The van der Waals surface area contributed by atoms with Crippen LogP contribution in [0.2, 0.25) is 0 Å². The Bertz CT molecular complexity index is 317. The second-order valence-electron chi connectivity index (χ2n) is 5.95. The van der Waals surface area contributed by atoms with E-state index in [0.29, 0.717) is 13.2 Å². The van der Waals surface area contributed by atoms with E-state index in [0.717, 1.165) is 25.7 Å². The Balaban J connectivity index is 1.84. The van der Waals surface area contributed by atoms with E-state index in [1.165, 1.54) is 0 Å². The van der Waals surface area contributed by atoms with Crippen LogP contribution in [-0.4, -0.2) is 55.7 Å². The van der Waals surface area contributed by atoms with Crippen molar-refractivity contribution in [3.8, 4) is 0 Å². The molecule has 2 aliphatic rings. The van der Waals surface area contributed by atoms with Gasteiger partial charge in [0.2, 0.25) is 0 Å². The maximum atomic E-state index is 13.4. The molecule has 1 saturated carbocycles. The predicted molar refractivity (Wildman–Crippen MR) is 75.3 cm³/mol. The summed E-state index contributed by atoms with van der Waals surface area (Å²) in [5.41, 5.74) is 0. The molecule has 0 spiro atoms. The highest BCUT2D eigenvalue weighted by atomic mass is 19.3. The van der Waals surface area contributed by atoms with Crippen molar-refractivity contribution in [3.63, 3.8) is 0 Å². The molecule has 0 aromatic carbocycles. The molecule has 2 rings (SSSR count). The molecular weight excluding hydrogens is 280 g/mol. The molecule has 3 atom stereocenters. The van der Waals surface area contributed by atoms with Crippen LogP contribution in [0.3, 0.4) is 0 Å². The van der Waals surface area contributed by atoms with E-state index >= 15 is 0 Å². The van der Waals surface area contributed by atoms with Gasteiger partial charge in [0, 0.05) is 25.6 Å². The molecule has 21 heavy (non-hydrogen) atoms. The molecule has 2 fully saturated rings. The highest BCUT2D eigenvalue weighted by Gasteiger charge is 2.43. The van der Waals surface area contributed by atoms with Crippen LogP contribution in [0.25, 0.3) is 0 Å². The number of halogens is 2. The second-order valence-corrected chi connectivity index (χ2v) is 5.95. The second kappa shape index (κ2) is 7.81. The Morgan fingerprint density at radius 2 is 2.05 bits per heavy atom. The van der Waals surface area contributed by atoms with Gasteiger partial charge in [-0.15, -0.1) is 0 Å². The maximum absolute atomic E-state index is 13.4. The Labute approximate surface area is 125 Å². The van der Waals surface area contributed by atoms with Crippen LogP contribution in [0.15, 0.2) is 0 Å². The minimum atomic E-state index is -2.54. The van der Waals surface area contributed by atoms with Gasteiger partial charge in [0.15, 0.2) is 6.29 Å². The summed E-state index contributed by atoms with van der Waals surface area (Å²) in [6.07, 6.45) is 3.58. The average molecular weight is 307 g/mol. The third-order valence-electron chi connectivity index (χ3n) is 4.29. The minimum Gasteiger partial charge on any atom is -0.356 e. The van der Waals surface area contributed by atoms with Gasteiger partial charge in [-0.2, -0.15) is 0 Å². The maximum Gasteiger partial charge on any atom is 0.261 e. The fraction of sp³-hybridized carbons (Fsp3) is 1.00. The van der Waals surface area contributed by atoms with Crippen molar-refractivity contribution in [2.75, 3.05) is 26.5 Å². The number of nitrogens with zero attached hydrogens (tertiary/aromatic N) is 1. The zero-order chi connectivity index (χ0) is 15.3. The third kappa shape index (κ3) is 5.13. The molecule has 0 radical (unpaired) electrons. The zero-order valence-corrected chi connectivity index (χ0v) is 13.0. The van der Waals surface area contributed by atoms with E-state index in [4.69, 9.17) is 14.2 Å². The zero-order valence-electron chi connectivity index (χ0n) is 13.0. The largest absolute Gasteiger partial charge is 0.356 e. The smallest absolute Gasteiger partial charge is 0.261 e. The third-order valence-corrected chi connectivity index (χ3v) is 4.29. The Hall–Kier alpha value is -0.300. The number of likely N-dealkylation sites (tertiary alicyclic amines) is 1. The van der Waals surface area contributed by atoms with Crippen LogP contribution >= 0.6 is 0 Å². The standard InChI is InChI=1S/C15H27F2NO3/c1-3-19-11-20-12(2)21-14-7-5-4-6-13(14)18-9-8-15(16,17)10-18/h12-14H,3-11H2,1-2H3. The van der Waals surface area contributed by atoms with Gasteiger partial charge < -0.3 is 14.2 Å². The number of rotatable bonds is 7. The van der Waals surface area contributed by atoms with Crippen molar-refractivity contribution in [2.24, 2.45) is 0 Å². The van der Waals surface area contributed by atoms with Crippen molar-refractivity contribution in [2.45, 2.75) is 70.3 Å². The van der Waals surface area contributed by atoms with Gasteiger partial charge in [0.05, 0.1) is 12.6 Å². The molecule has 1 aliphatic heterocycles. The number of alkyl halides is 2. The number of ether oxygens (including phenoxy) is 3. The van der Waals surface area contributed by atoms with E-state index in [-0.39, 0.29) is 38.2 Å². The first-order chi connectivity index (χ1) is 10.0. The molecule has 6 heteroatoms. The molecular formula is C15H27F2NO3. The van der Waals surface area contributed by atoms with E-state index < -0.39 is 5.92 Å². The van der Waals surface area contributed by atoms with Gasteiger partial charge in [-0.1, -0.05) is 12.8 Å². The molecule has 0 bridgehead atoms. The van der Waals surface area contributed by atoms with Crippen molar-refractivity contribution in [1.82, 2.24) is 4.90 Å². The topological polar surface area (TPSA) is 30.9 Å². The van der Waals surface area contributed by atoms with E-state index in [2.05, 4.69) is 0 Å². The summed E-state index contributed by atoms with van der Waals surface area (Å²) in [5, 5.41) is 0. The van der Waals surface area contributed by atoms with E-state index in [9.17, 15) is 8.78 Å². The molecule has 1 heterocycles. The normalized spacial score (nSPS) is 31.4. The molecule has 0 aromatic rings. The summed E-state index contributed by atoms with van der Waals surface area (Å²) < 4.78 is 43.3. The van der Waals surface area contributed by atoms with Crippen molar-refractivity contribution < 1.29 is 23.0 Å². The lowest BCUT2D eigenvalue weighted by Gasteiger charge is -2.38. The number of hydrogen-bond donors (Lipinski definition) is 0. The fourth-order valence-electron chi connectivity index (χ4n) is 3.21. The lowest BCUT2D eigenvalue weighted by atomic mass is 9.91. The average Bonchev–Trinajstić information content (AvgIpc) is 2.80. The van der Waals surface area contributed by atoms with Crippen molar-refractivity contribution >= 4 is 0 Å². The Morgan fingerprint density at radius 1 is 1.29 bits per heavy atom. The van der Waals surface area contributed by atoms with Crippen LogP contribution in [-0.2, 0) is 14.2 Å². The molecule has 3 unspecified atom stereocenters. The van der Waals surface area contributed by atoms with E-state index in [1.54, 1.807) is 0 Å². The summed E-state index contributed by atoms with van der Waals surface area (Å²) >= 11 is 0. The quantitative estimate of drug-likeness (QED) is 0.534. The summed E-state index contributed by atoms with van der Waals surface area (Å²) in [7, 11) is 0. The van der Waals surface area contributed by atoms with Crippen LogP contribution < -0.4 is 0 Å². The molecule has 1 saturated heterocycles. The lowest BCUT2D eigenvalue weighted by molar-refractivity contribution is -0.217. The highest BCUT2D eigenvalue weighted by molar-refractivity contribution is 4.91. The molecule has 0 N–H and O–H groups in total. The Kier molecular flexibility index (Phi) is 6.34. The van der Waals surface area contributed by atoms with Crippen LogP contribution in [0.1, 0.15) is 46.0 Å². The van der Waals surface area contributed by atoms with Gasteiger partial charge in [0.1, 0.15) is 6.79 Å². The summed E-state index contributed by atoms with van der Waals surface area (Å²) in [6.45, 7) is 4.87. The Morgan fingerprint density at radius 3 is 2.71 bits per heavy atom. The SMILES string of the molecule is CCOCOC(C)OC1CCCCC1N1CCC(F)(F)C1. The highest BCUT2D eigenvalue weighted by Crippen LogP contribution is 2.34. The molecule has 4 nitrogen and oxygen atoms in total. The first kappa shape index (κ1) is 17.1. The van der Waals surface area contributed by atoms with Crippen LogP contribution in [0.4, 0.5) is 8.78 Å². The van der Waals surface area contributed by atoms with Gasteiger partial charge in [-0.3, -0.25) is 4.90 Å². The van der Waals surface area contributed by atoms with Crippen molar-refractivity contribution in [3.05, 3.63) is 0 Å². The van der Waals surface area contributed by atoms with Gasteiger partial charge in [0.25, 0.3) is 5.92 Å². The molecule has 0 aromatic heterocycles. The van der Waals surface area contributed by atoms with Crippen LogP contribution in [0.5, 0.6) is 0 Å². The van der Waals surface area contributed by atoms with Gasteiger partial charge >= 0.3 is 0 Å². The monoisotopic (exact) mass is 307 g/mol. The fourth-order valence-corrected chi connectivity index (χ4v) is 3.21. The van der Waals surface area contributed by atoms with Gasteiger partial charge in [-0.05, 0) is 26.7 Å². The molecule has 0 amide bonds. The first-order valence-corrected chi connectivity index (χ1v) is 7.98. The summed E-state index contributed by atoms with van der Waals surface area (Å²) in [6, 6.07) is 0.0882. The van der Waals surface area contributed by atoms with Crippen molar-refractivity contribution in [1.29, 1.82) is 0 Å². The number of hydrogen-bond acceptors (Lipinski definition) is 4. The lowest BCUT2D eigenvalue weighted by Crippen LogP contribution is -2.47. The molecule has 1 aliphatic carbocycles.